The second-order valence-corrected chi connectivity index (χ2v) is 5.25. The van der Waals surface area contributed by atoms with E-state index in [1.807, 2.05) is 35.2 Å². The van der Waals surface area contributed by atoms with Crippen molar-refractivity contribution in [3.05, 3.63) is 42.5 Å². The van der Waals surface area contributed by atoms with Crippen molar-refractivity contribution in [2.45, 2.75) is 12.2 Å². The Bertz CT molecular complexity index is 577. The van der Waals surface area contributed by atoms with E-state index in [0.717, 1.165) is 11.1 Å². The molecule has 1 aliphatic rings. The first-order valence-corrected chi connectivity index (χ1v) is 6.92. The van der Waals surface area contributed by atoms with Crippen molar-refractivity contribution in [2.75, 3.05) is 26.2 Å². The van der Waals surface area contributed by atoms with Crippen LogP contribution in [0.25, 0.3) is 10.8 Å². The summed E-state index contributed by atoms with van der Waals surface area (Å²) in [4.78, 5) is 2.01. The Morgan fingerprint density at radius 2 is 1.70 bits per heavy atom. The number of nitrogens with zero attached hydrogens (tertiary/aromatic N) is 1. The molecule has 0 bridgehead atoms. The van der Waals surface area contributed by atoms with Gasteiger partial charge in [-0.3, -0.25) is 4.90 Å². The predicted molar refractivity (Wildman–Crippen MR) is 77.9 cm³/mol. The monoisotopic (exact) mass is 273 g/mol. The molecule has 106 valence electrons. The quantitative estimate of drug-likeness (QED) is 0.880. The number of rotatable bonds is 4. The van der Waals surface area contributed by atoms with Crippen LogP contribution in [0.3, 0.4) is 0 Å². The van der Waals surface area contributed by atoms with Crippen LogP contribution in [0.4, 0.5) is 0 Å². The van der Waals surface area contributed by atoms with Crippen LogP contribution >= 0.6 is 0 Å². The SMILES string of the molecule is OC1CN(CCOc2ccc3ccccc3c2)CC1O. The van der Waals surface area contributed by atoms with Gasteiger partial charge in [-0.25, -0.2) is 0 Å². The van der Waals surface area contributed by atoms with Gasteiger partial charge in [-0.15, -0.1) is 0 Å². The highest BCUT2D eigenvalue weighted by molar-refractivity contribution is 5.83. The van der Waals surface area contributed by atoms with E-state index < -0.39 is 12.2 Å². The Morgan fingerprint density at radius 1 is 1.00 bits per heavy atom. The molecule has 0 radical (unpaired) electrons. The van der Waals surface area contributed by atoms with Gasteiger partial charge in [0.2, 0.25) is 0 Å². The zero-order valence-electron chi connectivity index (χ0n) is 11.3. The van der Waals surface area contributed by atoms with Crippen LogP contribution in [0.2, 0.25) is 0 Å². The molecule has 1 heterocycles. The summed E-state index contributed by atoms with van der Waals surface area (Å²) in [7, 11) is 0. The Balaban J connectivity index is 1.55. The molecule has 4 nitrogen and oxygen atoms in total. The lowest BCUT2D eigenvalue weighted by Crippen LogP contribution is -2.27. The zero-order chi connectivity index (χ0) is 13.9. The van der Waals surface area contributed by atoms with Gasteiger partial charge in [0.15, 0.2) is 0 Å². The molecule has 2 aromatic rings. The van der Waals surface area contributed by atoms with Crippen molar-refractivity contribution in [3.8, 4) is 5.75 Å². The van der Waals surface area contributed by atoms with Crippen LogP contribution in [0, 0.1) is 0 Å². The van der Waals surface area contributed by atoms with E-state index in [4.69, 9.17) is 4.74 Å². The van der Waals surface area contributed by atoms with Gasteiger partial charge in [0.05, 0.1) is 12.2 Å². The molecule has 2 aromatic carbocycles. The molecule has 20 heavy (non-hydrogen) atoms. The van der Waals surface area contributed by atoms with E-state index in [-0.39, 0.29) is 0 Å². The molecule has 1 fully saturated rings. The lowest BCUT2D eigenvalue weighted by Gasteiger charge is -2.15. The maximum atomic E-state index is 9.47. The van der Waals surface area contributed by atoms with E-state index in [1.54, 1.807) is 0 Å². The average molecular weight is 273 g/mol. The molecule has 2 N–H and O–H groups in total. The number of aliphatic hydroxyl groups excluding tert-OH is 2. The zero-order valence-corrected chi connectivity index (χ0v) is 11.3. The highest BCUT2D eigenvalue weighted by Crippen LogP contribution is 2.20. The third kappa shape index (κ3) is 2.93. The van der Waals surface area contributed by atoms with Gasteiger partial charge in [0.25, 0.3) is 0 Å². The van der Waals surface area contributed by atoms with Crippen molar-refractivity contribution in [3.63, 3.8) is 0 Å². The van der Waals surface area contributed by atoms with Crippen LogP contribution in [0.5, 0.6) is 5.75 Å². The number of aliphatic hydroxyl groups is 2. The highest BCUT2D eigenvalue weighted by Gasteiger charge is 2.28. The number of benzene rings is 2. The van der Waals surface area contributed by atoms with Crippen molar-refractivity contribution >= 4 is 10.8 Å². The molecule has 1 aliphatic heterocycles. The van der Waals surface area contributed by atoms with E-state index in [1.165, 1.54) is 5.39 Å². The summed E-state index contributed by atoms with van der Waals surface area (Å²) in [5.74, 6) is 0.851. The Morgan fingerprint density at radius 3 is 2.45 bits per heavy atom. The molecule has 0 aromatic heterocycles. The summed E-state index contributed by atoms with van der Waals surface area (Å²) in [5.41, 5.74) is 0. The van der Waals surface area contributed by atoms with Gasteiger partial charge in [-0.2, -0.15) is 0 Å². The average Bonchev–Trinajstić information content (AvgIpc) is 2.77. The van der Waals surface area contributed by atoms with E-state index in [0.29, 0.717) is 26.2 Å². The molecule has 0 spiro atoms. The van der Waals surface area contributed by atoms with Crippen LogP contribution in [-0.4, -0.2) is 53.6 Å². The molecular formula is C16H19NO3. The third-order valence-corrected chi connectivity index (χ3v) is 3.73. The molecular weight excluding hydrogens is 254 g/mol. The first-order chi connectivity index (χ1) is 9.72. The largest absolute Gasteiger partial charge is 0.492 e. The number of hydrogen-bond acceptors (Lipinski definition) is 4. The standard InChI is InChI=1S/C16H19NO3/c18-15-10-17(11-16(15)19)7-8-20-14-6-5-12-3-1-2-4-13(12)9-14/h1-6,9,15-16,18-19H,7-8,10-11H2. The minimum absolute atomic E-state index is 0.516. The summed E-state index contributed by atoms with van der Waals surface area (Å²) in [5, 5.41) is 21.3. The fourth-order valence-corrected chi connectivity index (χ4v) is 2.58. The number of hydrogen-bond donors (Lipinski definition) is 2. The summed E-state index contributed by atoms with van der Waals surface area (Å²) in [6, 6.07) is 14.2. The van der Waals surface area contributed by atoms with Gasteiger partial charge in [0.1, 0.15) is 12.4 Å². The van der Waals surface area contributed by atoms with Crippen LogP contribution in [-0.2, 0) is 0 Å². The fourth-order valence-electron chi connectivity index (χ4n) is 2.58. The predicted octanol–water partition coefficient (Wildman–Crippen LogP) is 1.26. The van der Waals surface area contributed by atoms with Gasteiger partial charge in [-0.05, 0) is 22.9 Å². The Labute approximate surface area is 118 Å². The number of likely N-dealkylation sites (tertiary alicyclic amines) is 1. The fraction of sp³-hybridized carbons (Fsp3) is 0.375. The molecule has 1 saturated heterocycles. The molecule has 0 aliphatic carbocycles. The summed E-state index contributed by atoms with van der Waals surface area (Å²) >= 11 is 0. The smallest absolute Gasteiger partial charge is 0.120 e. The van der Waals surface area contributed by atoms with Gasteiger partial charge in [0, 0.05) is 19.6 Å². The second kappa shape index (κ2) is 5.79. The maximum Gasteiger partial charge on any atom is 0.120 e. The lowest BCUT2D eigenvalue weighted by molar-refractivity contribution is 0.0572. The summed E-state index contributed by atoms with van der Waals surface area (Å²) in [6.07, 6.45) is -1.26. The molecule has 4 heteroatoms. The summed E-state index contributed by atoms with van der Waals surface area (Å²) in [6.45, 7) is 2.29. The lowest BCUT2D eigenvalue weighted by atomic mass is 10.1. The molecule has 2 atom stereocenters. The van der Waals surface area contributed by atoms with E-state index in [2.05, 4.69) is 12.1 Å². The normalized spacial score (nSPS) is 23.3. The van der Waals surface area contributed by atoms with Crippen LogP contribution < -0.4 is 4.74 Å². The van der Waals surface area contributed by atoms with E-state index in [9.17, 15) is 10.2 Å². The van der Waals surface area contributed by atoms with Crippen molar-refractivity contribution in [1.29, 1.82) is 0 Å². The number of fused-ring (bicyclic) bond motifs is 1. The van der Waals surface area contributed by atoms with Crippen LogP contribution in [0.1, 0.15) is 0 Å². The van der Waals surface area contributed by atoms with Crippen molar-refractivity contribution < 1.29 is 14.9 Å². The first kappa shape index (κ1) is 13.4. The molecule has 0 saturated carbocycles. The molecule has 3 rings (SSSR count). The first-order valence-electron chi connectivity index (χ1n) is 6.92. The van der Waals surface area contributed by atoms with Gasteiger partial charge in [-0.1, -0.05) is 30.3 Å². The Hall–Kier alpha value is -1.62. The van der Waals surface area contributed by atoms with Gasteiger partial charge < -0.3 is 14.9 Å². The van der Waals surface area contributed by atoms with Crippen molar-refractivity contribution in [1.82, 2.24) is 4.90 Å². The number of ether oxygens (including phenoxy) is 1. The summed E-state index contributed by atoms with van der Waals surface area (Å²) < 4.78 is 5.74. The maximum absolute atomic E-state index is 9.47. The minimum atomic E-state index is -0.629. The minimum Gasteiger partial charge on any atom is -0.492 e. The Kier molecular flexibility index (Phi) is 3.87. The molecule has 0 amide bonds. The topological polar surface area (TPSA) is 52.9 Å². The van der Waals surface area contributed by atoms with Gasteiger partial charge >= 0.3 is 0 Å². The van der Waals surface area contributed by atoms with Crippen molar-refractivity contribution in [2.24, 2.45) is 0 Å². The second-order valence-electron chi connectivity index (χ2n) is 5.25. The molecule has 2 unspecified atom stereocenters. The van der Waals surface area contributed by atoms with Crippen LogP contribution in [0.15, 0.2) is 42.5 Å². The van der Waals surface area contributed by atoms with E-state index >= 15 is 0 Å². The third-order valence-electron chi connectivity index (χ3n) is 3.73. The number of β-amino-alcohol motifs (C(OH)–C–C–N with tert-alkyl or cyclic N) is 2. The highest BCUT2D eigenvalue weighted by atomic mass is 16.5.